The number of unbranched alkanes of at least 4 members (excludes halogenated alkanes) is 22. The van der Waals surface area contributed by atoms with Gasteiger partial charge in [0, 0.05) is 12.8 Å². The maximum Gasteiger partial charge on any atom is 0.472 e. The van der Waals surface area contributed by atoms with E-state index in [1.54, 1.807) is 0 Å². The highest BCUT2D eigenvalue weighted by Crippen LogP contribution is 2.43. The van der Waals surface area contributed by atoms with Gasteiger partial charge in [-0.15, -0.1) is 0 Å². The minimum Gasteiger partial charge on any atom is -0.456 e. The first-order valence-electron chi connectivity index (χ1n) is 31.9. The average Bonchev–Trinajstić information content (AvgIpc) is 3.41. The van der Waals surface area contributed by atoms with Crippen LogP contribution in [0.2, 0.25) is 0 Å². The van der Waals surface area contributed by atoms with Crippen LogP contribution in [-0.4, -0.2) is 74.3 Å². The maximum atomic E-state index is 13.6. The van der Waals surface area contributed by atoms with Crippen molar-refractivity contribution in [3.05, 3.63) is 122 Å². The highest BCUT2D eigenvalue weighted by molar-refractivity contribution is 7.47. The van der Waals surface area contributed by atoms with E-state index in [2.05, 4.69) is 135 Å². The van der Waals surface area contributed by atoms with E-state index in [0.717, 1.165) is 141 Å². The van der Waals surface area contributed by atoms with Crippen LogP contribution in [0.4, 0.5) is 0 Å². The van der Waals surface area contributed by atoms with Gasteiger partial charge in [0.25, 0.3) is 0 Å². The van der Waals surface area contributed by atoms with Crippen LogP contribution in [0.5, 0.6) is 0 Å². The van der Waals surface area contributed by atoms with Crippen LogP contribution >= 0.6 is 7.82 Å². The van der Waals surface area contributed by atoms with Gasteiger partial charge in [-0.3, -0.25) is 18.6 Å². The molecule has 0 aromatic heterocycles. The van der Waals surface area contributed by atoms with Crippen molar-refractivity contribution >= 4 is 19.7 Å². The summed E-state index contributed by atoms with van der Waals surface area (Å²) in [6.07, 6.45) is 80.5. The van der Waals surface area contributed by atoms with Crippen molar-refractivity contribution in [1.29, 1.82) is 0 Å². The van der Waals surface area contributed by atoms with Gasteiger partial charge in [-0.2, -0.15) is 0 Å². The molecule has 0 aliphatic rings. The Morgan fingerprint density at radius 3 is 1.24 bits per heavy atom. The number of quaternary nitrogens is 1. The van der Waals surface area contributed by atoms with E-state index in [9.17, 15) is 19.0 Å². The Kier molecular flexibility index (Phi) is 55.0. The lowest BCUT2D eigenvalue weighted by Crippen LogP contribution is -2.47. The fraction of sp³-hybridized carbons (Fsp3) is 0.681. The zero-order valence-electron chi connectivity index (χ0n) is 51.6. The molecule has 3 unspecified atom stereocenters. The van der Waals surface area contributed by atoms with Crippen molar-refractivity contribution in [2.24, 2.45) is 0 Å². The lowest BCUT2D eigenvalue weighted by atomic mass is 10.1. The average molecular weight is 1120 g/mol. The molecule has 0 saturated carbocycles. The number of ether oxygens (including phenoxy) is 1. The van der Waals surface area contributed by atoms with Crippen LogP contribution < -0.4 is 5.32 Å². The molecule has 0 fully saturated rings. The van der Waals surface area contributed by atoms with Gasteiger partial charge >= 0.3 is 13.8 Å². The molecular weight excluding hydrogens is 1000 g/mol. The summed E-state index contributed by atoms with van der Waals surface area (Å²) in [6, 6.07) is -0.875. The smallest absolute Gasteiger partial charge is 0.456 e. The third kappa shape index (κ3) is 58.9. The molecule has 79 heavy (non-hydrogen) atoms. The Morgan fingerprint density at radius 2 is 0.810 bits per heavy atom. The molecule has 1 amide bonds. The van der Waals surface area contributed by atoms with Crippen molar-refractivity contribution < 1.29 is 37.3 Å². The van der Waals surface area contributed by atoms with Crippen LogP contribution in [-0.2, 0) is 27.9 Å². The van der Waals surface area contributed by atoms with E-state index in [0.29, 0.717) is 23.9 Å². The number of allylic oxidation sites excluding steroid dienone is 19. The molecule has 0 spiro atoms. The summed E-state index contributed by atoms with van der Waals surface area (Å²) >= 11 is 0. The molecule has 0 aromatic carbocycles. The molecule has 2 N–H and O–H groups in total. The molecule has 0 aromatic rings. The van der Waals surface area contributed by atoms with E-state index >= 15 is 0 Å². The number of hydrogen-bond donors (Lipinski definition) is 2. The second kappa shape index (κ2) is 57.6. The molecular formula is C69H120N2O7P+. The van der Waals surface area contributed by atoms with E-state index in [1.807, 2.05) is 33.3 Å². The molecule has 0 radical (unpaired) electrons. The van der Waals surface area contributed by atoms with Gasteiger partial charge in [-0.1, -0.05) is 239 Å². The van der Waals surface area contributed by atoms with Crippen molar-refractivity contribution in [2.75, 3.05) is 40.9 Å². The monoisotopic (exact) mass is 1120 g/mol. The zero-order chi connectivity index (χ0) is 57.9. The molecule has 9 nitrogen and oxygen atoms in total. The lowest BCUT2D eigenvalue weighted by Gasteiger charge is -2.27. The number of nitrogens with one attached hydrogen (secondary N) is 1. The van der Waals surface area contributed by atoms with Gasteiger partial charge in [0.05, 0.1) is 33.8 Å². The highest BCUT2D eigenvalue weighted by atomic mass is 31.2. The predicted octanol–water partition coefficient (Wildman–Crippen LogP) is 19.9. The SMILES string of the molecule is CC/C=C\C/C=C\C/C=C\C/C=C\C/C=C\C/C=C\CCCCCCC(=O)OC(/C=C/CCCCCCCCCCC)C(COP(=O)(O)OCC[N+](C)(C)C)NC(=O)CCCCCCCC/C=C\C/C=C\C/C=C\CCCCC. The Morgan fingerprint density at radius 1 is 0.456 bits per heavy atom. The summed E-state index contributed by atoms with van der Waals surface area (Å²) in [7, 11) is 1.45. The van der Waals surface area contributed by atoms with Gasteiger partial charge in [0.2, 0.25) is 5.91 Å². The quantitative estimate of drug-likeness (QED) is 0.0205. The Labute approximate surface area is 486 Å². The summed E-state index contributed by atoms with van der Waals surface area (Å²) < 4.78 is 30.7. The number of amides is 1. The van der Waals surface area contributed by atoms with Crippen molar-refractivity contribution in [2.45, 2.75) is 264 Å². The Bertz CT molecular complexity index is 1770. The van der Waals surface area contributed by atoms with E-state index in [1.165, 1.54) is 70.6 Å². The molecule has 0 aliphatic heterocycles. The number of phosphoric acid groups is 1. The van der Waals surface area contributed by atoms with Crippen molar-refractivity contribution in [1.82, 2.24) is 5.32 Å². The zero-order valence-corrected chi connectivity index (χ0v) is 52.5. The van der Waals surface area contributed by atoms with E-state index in [-0.39, 0.29) is 31.5 Å². The molecule has 0 saturated heterocycles. The fourth-order valence-electron chi connectivity index (χ4n) is 8.48. The summed E-state index contributed by atoms with van der Waals surface area (Å²) in [5.41, 5.74) is 0. The standard InChI is InChI=1S/C69H119N2O7P/c1-7-10-13-16-19-22-25-27-29-31-33-34-35-36-38-40-42-44-47-50-53-56-59-62-69(73)78-67(60-57-54-51-48-45-24-21-18-15-12-9-3)66(65-77-79(74,75)76-64-63-71(4,5)6)70-68(72)61-58-55-52-49-46-43-41-39-37-32-30-28-26-23-20-17-14-11-8-2/h10,13,19-20,22-23,27-30,33-34,36-39,42,44,57,60,66-67H,7-9,11-12,14-18,21,24-26,31-32,35,40-41,43,45-56,58-59,61-65H2,1-6H3,(H-,70,72,74,75)/p+1/b13-10-,22-19-,23-20-,29-27-,30-28-,34-33-,38-36-,39-37-,44-42-,60-57+. The number of carbonyl (C=O) groups excluding carboxylic acids is 2. The first-order chi connectivity index (χ1) is 38.4. The Hall–Kier alpha value is -3.59. The number of nitrogens with zero attached hydrogens (tertiary/aromatic N) is 1. The molecule has 0 aliphatic carbocycles. The second-order valence-electron chi connectivity index (χ2n) is 22.2. The second-order valence-corrected chi connectivity index (χ2v) is 23.6. The van der Waals surface area contributed by atoms with Gasteiger partial charge in [0.1, 0.15) is 19.3 Å². The lowest BCUT2D eigenvalue weighted by molar-refractivity contribution is -0.870. The summed E-state index contributed by atoms with van der Waals surface area (Å²) in [6.45, 7) is 6.82. The Balaban J connectivity index is 5.28. The molecule has 452 valence electrons. The number of likely N-dealkylation sites (N-methyl/N-ethyl adjacent to an activating group) is 1. The predicted molar refractivity (Wildman–Crippen MR) is 341 cm³/mol. The topological polar surface area (TPSA) is 111 Å². The normalized spacial score (nSPS) is 14.5. The molecule has 3 atom stereocenters. The van der Waals surface area contributed by atoms with E-state index in [4.69, 9.17) is 13.8 Å². The van der Waals surface area contributed by atoms with Crippen molar-refractivity contribution in [3.8, 4) is 0 Å². The summed E-state index contributed by atoms with van der Waals surface area (Å²) in [5.74, 6) is -0.557. The minimum absolute atomic E-state index is 0.0264. The highest BCUT2D eigenvalue weighted by Gasteiger charge is 2.30. The number of rotatable bonds is 56. The number of hydrogen-bond acceptors (Lipinski definition) is 6. The minimum atomic E-state index is -4.47. The van der Waals surface area contributed by atoms with E-state index < -0.39 is 20.0 Å². The first kappa shape index (κ1) is 75.4. The third-order valence-electron chi connectivity index (χ3n) is 13.4. The van der Waals surface area contributed by atoms with Gasteiger partial charge in [0.15, 0.2) is 0 Å². The number of carbonyl (C=O) groups is 2. The number of phosphoric ester groups is 1. The van der Waals surface area contributed by atoms with Gasteiger partial charge in [-0.05, 0) is 122 Å². The first-order valence-corrected chi connectivity index (χ1v) is 33.4. The molecule has 0 rings (SSSR count). The molecule has 10 heteroatoms. The van der Waals surface area contributed by atoms with Crippen molar-refractivity contribution in [3.63, 3.8) is 0 Å². The number of esters is 1. The van der Waals surface area contributed by atoms with Crippen LogP contribution in [0.15, 0.2) is 122 Å². The fourth-order valence-corrected chi connectivity index (χ4v) is 9.21. The largest absolute Gasteiger partial charge is 0.472 e. The van der Waals surface area contributed by atoms with Gasteiger partial charge in [-0.25, -0.2) is 4.57 Å². The molecule has 0 bridgehead atoms. The maximum absolute atomic E-state index is 13.6. The third-order valence-corrected chi connectivity index (χ3v) is 14.4. The summed E-state index contributed by atoms with van der Waals surface area (Å²) in [5, 5.41) is 3.04. The summed E-state index contributed by atoms with van der Waals surface area (Å²) in [4.78, 5) is 37.7. The van der Waals surface area contributed by atoms with Crippen LogP contribution in [0, 0.1) is 0 Å². The van der Waals surface area contributed by atoms with Crippen LogP contribution in [0.25, 0.3) is 0 Å². The van der Waals surface area contributed by atoms with Crippen LogP contribution in [0.3, 0.4) is 0 Å². The van der Waals surface area contributed by atoms with Gasteiger partial charge < -0.3 is 19.4 Å². The van der Waals surface area contributed by atoms with Crippen LogP contribution in [0.1, 0.15) is 252 Å². The molecule has 0 heterocycles.